The standard InChI is InChI=1S/C13H23NO4/c1-13(2)6-4-5-9(7-13)11(15)14-8-10(18-3)12(16)17/h9-10H,4-8H2,1-3H3,(H,14,15)(H,16,17). The maximum Gasteiger partial charge on any atom is 0.334 e. The zero-order valence-electron chi connectivity index (χ0n) is 11.4. The molecular formula is C13H23NO4. The van der Waals surface area contributed by atoms with Crippen LogP contribution in [0.25, 0.3) is 0 Å². The number of hydrogen-bond acceptors (Lipinski definition) is 3. The third-order valence-corrected chi connectivity index (χ3v) is 3.60. The van der Waals surface area contributed by atoms with Gasteiger partial charge in [-0.1, -0.05) is 20.3 Å². The van der Waals surface area contributed by atoms with Gasteiger partial charge in [0, 0.05) is 13.0 Å². The summed E-state index contributed by atoms with van der Waals surface area (Å²) in [6.45, 7) is 4.37. The summed E-state index contributed by atoms with van der Waals surface area (Å²) in [5.74, 6) is -1.10. The maximum absolute atomic E-state index is 12.0. The molecule has 1 aliphatic carbocycles. The van der Waals surface area contributed by atoms with E-state index in [-0.39, 0.29) is 23.8 Å². The van der Waals surface area contributed by atoms with Crippen molar-refractivity contribution in [1.29, 1.82) is 0 Å². The van der Waals surface area contributed by atoms with E-state index in [0.717, 1.165) is 25.7 Å². The lowest BCUT2D eigenvalue weighted by Gasteiger charge is -2.34. The molecule has 2 unspecified atom stereocenters. The summed E-state index contributed by atoms with van der Waals surface area (Å²) in [7, 11) is 1.33. The van der Waals surface area contributed by atoms with E-state index in [1.165, 1.54) is 7.11 Å². The highest BCUT2D eigenvalue weighted by Gasteiger charge is 2.32. The Morgan fingerprint density at radius 2 is 2.17 bits per heavy atom. The average molecular weight is 257 g/mol. The number of rotatable bonds is 5. The van der Waals surface area contributed by atoms with E-state index in [2.05, 4.69) is 19.2 Å². The largest absolute Gasteiger partial charge is 0.479 e. The number of amides is 1. The number of carbonyl (C=O) groups is 2. The molecule has 0 aliphatic heterocycles. The summed E-state index contributed by atoms with van der Waals surface area (Å²) < 4.78 is 4.78. The molecule has 1 saturated carbocycles. The summed E-state index contributed by atoms with van der Waals surface area (Å²) in [4.78, 5) is 22.7. The number of hydrogen-bond donors (Lipinski definition) is 2. The molecule has 104 valence electrons. The minimum atomic E-state index is -1.05. The molecule has 0 aromatic heterocycles. The molecule has 0 aromatic carbocycles. The summed E-state index contributed by atoms with van der Waals surface area (Å²) in [6, 6.07) is 0. The quantitative estimate of drug-likeness (QED) is 0.781. The van der Waals surface area contributed by atoms with Crippen molar-refractivity contribution < 1.29 is 19.4 Å². The Morgan fingerprint density at radius 3 is 2.67 bits per heavy atom. The fourth-order valence-electron chi connectivity index (χ4n) is 2.53. The summed E-state index contributed by atoms with van der Waals surface area (Å²) in [6.07, 6.45) is 2.99. The van der Waals surface area contributed by atoms with Crippen LogP contribution in [0.3, 0.4) is 0 Å². The number of carboxylic acids is 1. The second-order valence-electron chi connectivity index (χ2n) is 5.77. The van der Waals surface area contributed by atoms with E-state index in [1.807, 2.05) is 0 Å². The van der Waals surface area contributed by atoms with Crippen LogP contribution in [0.1, 0.15) is 39.5 Å². The predicted molar refractivity (Wildman–Crippen MR) is 67.2 cm³/mol. The number of ether oxygens (including phenoxy) is 1. The van der Waals surface area contributed by atoms with Crippen LogP contribution in [0.15, 0.2) is 0 Å². The summed E-state index contributed by atoms with van der Waals surface area (Å²) >= 11 is 0. The zero-order chi connectivity index (χ0) is 13.8. The minimum Gasteiger partial charge on any atom is -0.479 e. The lowest BCUT2D eigenvalue weighted by Crippen LogP contribution is -2.42. The molecule has 5 nitrogen and oxygen atoms in total. The Bertz CT molecular complexity index is 314. The first-order chi connectivity index (χ1) is 8.35. The van der Waals surface area contributed by atoms with Gasteiger partial charge in [-0.05, 0) is 24.7 Å². The lowest BCUT2D eigenvalue weighted by molar-refractivity contribution is -0.148. The van der Waals surface area contributed by atoms with Crippen LogP contribution >= 0.6 is 0 Å². The van der Waals surface area contributed by atoms with E-state index in [9.17, 15) is 9.59 Å². The molecular weight excluding hydrogens is 234 g/mol. The summed E-state index contributed by atoms with van der Waals surface area (Å²) in [5, 5.41) is 11.5. The van der Waals surface area contributed by atoms with E-state index in [0.29, 0.717) is 0 Å². The second kappa shape index (κ2) is 6.18. The van der Waals surface area contributed by atoms with Crippen LogP contribution in [0.4, 0.5) is 0 Å². The molecule has 0 radical (unpaired) electrons. The van der Waals surface area contributed by atoms with Gasteiger partial charge >= 0.3 is 5.97 Å². The third-order valence-electron chi connectivity index (χ3n) is 3.60. The highest BCUT2D eigenvalue weighted by molar-refractivity contribution is 5.80. The van der Waals surface area contributed by atoms with E-state index in [1.54, 1.807) is 0 Å². The van der Waals surface area contributed by atoms with Crippen molar-refractivity contribution in [1.82, 2.24) is 5.32 Å². The Kier molecular flexibility index (Phi) is 5.14. The van der Waals surface area contributed by atoms with Crippen LogP contribution in [-0.4, -0.2) is 36.7 Å². The first-order valence-corrected chi connectivity index (χ1v) is 6.39. The molecule has 2 N–H and O–H groups in total. The Hall–Kier alpha value is -1.10. The number of carboxylic acid groups (broad SMARTS) is 1. The van der Waals surface area contributed by atoms with Crippen LogP contribution in [-0.2, 0) is 14.3 Å². The van der Waals surface area contributed by atoms with Crippen molar-refractivity contribution >= 4 is 11.9 Å². The van der Waals surface area contributed by atoms with Gasteiger partial charge < -0.3 is 15.2 Å². The molecule has 0 aromatic rings. The molecule has 0 saturated heterocycles. The Balaban J connectivity index is 2.43. The highest BCUT2D eigenvalue weighted by atomic mass is 16.5. The topological polar surface area (TPSA) is 75.6 Å². The van der Waals surface area contributed by atoms with Gasteiger partial charge in [0.1, 0.15) is 0 Å². The van der Waals surface area contributed by atoms with Gasteiger partial charge in [0.15, 0.2) is 6.10 Å². The number of methoxy groups -OCH3 is 1. The smallest absolute Gasteiger partial charge is 0.334 e. The first-order valence-electron chi connectivity index (χ1n) is 6.39. The normalized spacial score (nSPS) is 24.3. The van der Waals surface area contributed by atoms with Crippen LogP contribution in [0.5, 0.6) is 0 Å². The Labute approximate surface area is 108 Å². The molecule has 0 spiro atoms. The Morgan fingerprint density at radius 1 is 1.50 bits per heavy atom. The van der Waals surface area contributed by atoms with Gasteiger partial charge in [-0.25, -0.2) is 4.79 Å². The molecule has 0 heterocycles. The molecule has 1 amide bonds. The minimum absolute atomic E-state index is 0.0000472. The fourth-order valence-corrected chi connectivity index (χ4v) is 2.53. The van der Waals surface area contributed by atoms with Crippen LogP contribution in [0.2, 0.25) is 0 Å². The fraction of sp³-hybridized carbons (Fsp3) is 0.846. The van der Waals surface area contributed by atoms with Crippen molar-refractivity contribution in [3.05, 3.63) is 0 Å². The van der Waals surface area contributed by atoms with Gasteiger partial charge in [0.05, 0.1) is 6.54 Å². The highest BCUT2D eigenvalue weighted by Crippen LogP contribution is 2.38. The van der Waals surface area contributed by atoms with Crippen molar-refractivity contribution in [2.24, 2.45) is 11.3 Å². The average Bonchev–Trinajstić information content (AvgIpc) is 2.27. The maximum atomic E-state index is 12.0. The predicted octanol–water partition coefficient (Wildman–Crippen LogP) is 1.42. The van der Waals surface area contributed by atoms with Gasteiger partial charge in [0.2, 0.25) is 5.91 Å². The third kappa shape index (κ3) is 4.29. The summed E-state index contributed by atoms with van der Waals surface area (Å²) in [5.41, 5.74) is 0.202. The second-order valence-corrected chi connectivity index (χ2v) is 5.77. The molecule has 1 rings (SSSR count). The first kappa shape index (κ1) is 15.0. The van der Waals surface area contributed by atoms with Crippen molar-refractivity contribution in [2.75, 3.05) is 13.7 Å². The van der Waals surface area contributed by atoms with E-state index >= 15 is 0 Å². The van der Waals surface area contributed by atoms with Gasteiger partial charge in [-0.2, -0.15) is 0 Å². The SMILES string of the molecule is COC(CNC(=O)C1CCCC(C)(C)C1)C(=O)O. The number of carbonyl (C=O) groups excluding carboxylic acids is 1. The van der Waals surface area contributed by atoms with E-state index in [4.69, 9.17) is 9.84 Å². The van der Waals surface area contributed by atoms with E-state index < -0.39 is 12.1 Å². The molecule has 0 bridgehead atoms. The van der Waals surface area contributed by atoms with Gasteiger partial charge in [-0.3, -0.25) is 4.79 Å². The molecule has 2 atom stereocenters. The van der Waals surface area contributed by atoms with Gasteiger partial charge in [-0.15, -0.1) is 0 Å². The lowest BCUT2D eigenvalue weighted by atomic mass is 9.72. The molecule has 1 fully saturated rings. The van der Waals surface area contributed by atoms with Crippen molar-refractivity contribution in [2.45, 2.75) is 45.6 Å². The van der Waals surface area contributed by atoms with Crippen LogP contribution in [0, 0.1) is 11.3 Å². The van der Waals surface area contributed by atoms with Crippen LogP contribution < -0.4 is 5.32 Å². The molecule has 18 heavy (non-hydrogen) atoms. The molecule has 1 aliphatic rings. The number of aliphatic carboxylic acids is 1. The zero-order valence-corrected chi connectivity index (χ0v) is 11.4. The van der Waals surface area contributed by atoms with Gasteiger partial charge in [0.25, 0.3) is 0 Å². The van der Waals surface area contributed by atoms with Crippen molar-refractivity contribution in [3.63, 3.8) is 0 Å². The van der Waals surface area contributed by atoms with Crippen molar-refractivity contribution in [3.8, 4) is 0 Å². The number of nitrogens with one attached hydrogen (secondary N) is 1. The molecule has 5 heteroatoms. The monoisotopic (exact) mass is 257 g/mol.